The molecule has 0 bridgehead atoms. The van der Waals surface area contributed by atoms with E-state index in [1.165, 1.54) is 0 Å². The molecule has 1 aromatic heterocycles. The van der Waals surface area contributed by atoms with Gasteiger partial charge in [-0.25, -0.2) is 0 Å². The van der Waals surface area contributed by atoms with Crippen molar-refractivity contribution in [3.8, 4) is 17.2 Å². The summed E-state index contributed by atoms with van der Waals surface area (Å²) in [5.74, 6) is 0.000849. The molecule has 0 aliphatic rings. The number of hydrogen-bond donors (Lipinski definition) is 1. The van der Waals surface area contributed by atoms with E-state index in [-0.39, 0.29) is 11.8 Å². The van der Waals surface area contributed by atoms with Crippen LogP contribution in [-0.2, 0) is 4.79 Å². The maximum Gasteiger partial charge on any atom is 0.231 e. The van der Waals surface area contributed by atoms with Crippen molar-refractivity contribution in [2.24, 2.45) is 5.92 Å². The lowest BCUT2D eigenvalue weighted by Gasteiger charge is -2.19. The molecule has 0 saturated carbocycles. The minimum atomic E-state index is -0.300. The van der Waals surface area contributed by atoms with E-state index >= 15 is 0 Å². The lowest BCUT2D eigenvalue weighted by atomic mass is 9.88. The number of hydrogen-bond acceptors (Lipinski definition) is 3. The molecule has 3 rings (SSSR count). The second-order valence-electron chi connectivity index (χ2n) is 7.67. The summed E-state index contributed by atoms with van der Waals surface area (Å²) in [5, 5.41) is 12.2. The molecular formula is C25H25N3O. The topological polar surface area (TPSA) is 65.8 Å². The number of carbonyl (C=O) groups excluding carboxylic acids is 1. The number of aromatic nitrogens is 1. The zero-order valence-corrected chi connectivity index (χ0v) is 17.0. The molecule has 0 fully saturated rings. The van der Waals surface area contributed by atoms with Gasteiger partial charge in [0.25, 0.3) is 0 Å². The van der Waals surface area contributed by atoms with Crippen molar-refractivity contribution in [3.63, 3.8) is 0 Å². The number of nitrogens with zero attached hydrogens (tertiary/aromatic N) is 2. The monoisotopic (exact) mass is 383 g/mol. The van der Waals surface area contributed by atoms with Gasteiger partial charge in [-0.2, -0.15) is 5.26 Å². The lowest BCUT2D eigenvalue weighted by Crippen LogP contribution is -2.22. The Kier molecular flexibility index (Phi) is 6.41. The Morgan fingerprint density at radius 1 is 1.07 bits per heavy atom. The summed E-state index contributed by atoms with van der Waals surface area (Å²) in [6.07, 6.45) is 2.52. The first-order valence-corrected chi connectivity index (χ1v) is 9.80. The molecule has 0 radical (unpaired) electrons. The van der Waals surface area contributed by atoms with Crippen LogP contribution in [0.25, 0.3) is 11.1 Å². The molecule has 146 valence electrons. The van der Waals surface area contributed by atoms with Crippen LogP contribution in [0, 0.1) is 24.2 Å². The van der Waals surface area contributed by atoms with Gasteiger partial charge in [-0.05, 0) is 72.4 Å². The third-order valence-electron chi connectivity index (χ3n) is 4.82. The normalized spacial score (nSPS) is 11.7. The maximum atomic E-state index is 13.0. The maximum absolute atomic E-state index is 13.0. The number of benzene rings is 2. The Bertz CT molecular complexity index is 1030. The number of carbonyl (C=O) groups is 1. The highest BCUT2D eigenvalue weighted by molar-refractivity contribution is 5.96. The minimum absolute atomic E-state index is 0.0544. The van der Waals surface area contributed by atoms with Crippen LogP contribution in [0.2, 0.25) is 0 Å². The molecule has 2 aromatic carbocycles. The first kappa shape index (κ1) is 20.3. The fraction of sp³-hybridized carbons (Fsp3) is 0.240. The Hall–Kier alpha value is -3.45. The van der Waals surface area contributed by atoms with E-state index in [0.717, 1.165) is 34.5 Å². The Morgan fingerprint density at radius 2 is 1.83 bits per heavy atom. The van der Waals surface area contributed by atoms with Crippen molar-refractivity contribution >= 4 is 11.6 Å². The van der Waals surface area contributed by atoms with Crippen LogP contribution < -0.4 is 5.32 Å². The van der Waals surface area contributed by atoms with E-state index in [1.54, 1.807) is 12.3 Å². The van der Waals surface area contributed by atoms with Crippen LogP contribution in [0.5, 0.6) is 0 Å². The largest absolute Gasteiger partial charge is 0.326 e. The van der Waals surface area contributed by atoms with Crippen LogP contribution in [0.3, 0.4) is 0 Å². The lowest BCUT2D eigenvalue weighted by molar-refractivity contribution is -0.117. The molecule has 4 nitrogen and oxygen atoms in total. The molecule has 0 saturated heterocycles. The predicted molar refractivity (Wildman–Crippen MR) is 116 cm³/mol. The molecular weight excluding hydrogens is 358 g/mol. The average molecular weight is 383 g/mol. The minimum Gasteiger partial charge on any atom is -0.326 e. The number of nitriles is 1. The molecule has 3 aromatic rings. The SMILES string of the molecule is Cc1cc(-c2ccc(NC(=O)[C@H](CC(C)C)c3cccc(C#N)c3)cc2)ccn1. The summed E-state index contributed by atoms with van der Waals surface area (Å²) < 4.78 is 0. The summed E-state index contributed by atoms with van der Waals surface area (Å²) in [5.41, 5.74) is 5.35. The van der Waals surface area contributed by atoms with Gasteiger partial charge in [0.1, 0.15) is 0 Å². The number of amides is 1. The Balaban J connectivity index is 1.79. The van der Waals surface area contributed by atoms with Crippen LogP contribution in [-0.4, -0.2) is 10.9 Å². The number of rotatable bonds is 6. The summed E-state index contributed by atoms with van der Waals surface area (Å²) in [6.45, 7) is 6.16. The zero-order valence-electron chi connectivity index (χ0n) is 17.0. The zero-order chi connectivity index (χ0) is 20.8. The summed E-state index contributed by atoms with van der Waals surface area (Å²) in [6, 6.07) is 21.3. The van der Waals surface area contributed by atoms with E-state index in [0.29, 0.717) is 11.5 Å². The standard InChI is InChI=1S/C25H25N3O/c1-17(2)13-24(22-6-4-5-19(15-22)16-26)25(29)28-23-9-7-20(8-10-23)21-11-12-27-18(3)14-21/h4-12,14-15,17,24H,13H2,1-3H3,(H,28,29)/t24-/m1/s1. The quantitative estimate of drug-likeness (QED) is 0.594. The molecule has 0 spiro atoms. The molecule has 1 amide bonds. The highest BCUT2D eigenvalue weighted by Crippen LogP contribution is 2.27. The van der Waals surface area contributed by atoms with Crippen molar-refractivity contribution in [3.05, 3.63) is 83.7 Å². The van der Waals surface area contributed by atoms with Crippen molar-refractivity contribution in [1.82, 2.24) is 4.98 Å². The number of aryl methyl sites for hydroxylation is 1. The molecule has 1 N–H and O–H groups in total. The fourth-order valence-corrected chi connectivity index (χ4v) is 3.39. The molecule has 4 heteroatoms. The van der Waals surface area contributed by atoms with Gasteiger partial charge in [0.05, 0.1) is 17.6 Å². The van der Waals surface area contributed by atoms with Crippen LogP contribution >= 0.6 is 0 Å². The van der Waals surface area contributed by atoms with Crippen molar-refractivity contribution < 1.29 is 4.79 Å². The van der Waals surface area contributed by atoms with Crippen LogP contribution in [0.1, 0.15) is 43.0 Å². The Labute approximate surface area is 172 Å². The van der Waals surface area contributed by atoms with Crippen molar-refractivity contribution in [1.29, 1.82) is 5.26 Å². The summed E-state index contributed by atoms with van der Waals surface area (Å²) in [7, 11) is 0. The number of pyridine rings is 1. The summed E-state index contributed by atoms with van der Waals surface area (Å²) in [4.78, 5) is 17.3. The third-order valence-corrected chi connectivity index (χ3v) is 4.82. The predicted octanol–water partition coefficient (Wildman–Crippen LogP) is 5.70. The molecule has 29 heavy (non-hydrogen) atoms. The molecule has 0 aliphatic heterocycles. The molecule has 1 heterocycles. The van der Waals surface area contributed by atoms with Gasteiger partial charge in [0.2, 0.25) is 5.91 Å². The molecule has 0 aliphatic carbocycles. The van der Waals surface area contributed by atoms with Crippen LogP contribution in [0.15, 0.2) is 66.9 Å². The molecule has 1 atom stereocenters. The number of nitrogens with one attached hydrogen (secondary N) is 1. The first-order valence-electron chi connectivity index (χ1n) is 9.80. The molecule has 0 unspecified atom stereocenters. The second kappa shape index (κ2) is 9.16. The van der Waals surface area contributed by atoms with Gasteiger partial charge in [-0.3, -0.25) is 9.78 Å². The van der Waals surface area contributed by atoms with E-state index < -0.39 is 0 Å². The van der Waals surface area contributed by atoms with Gasteiger partial charge in [0, 0.05) is 17.6 Å². The van der Waals surface area contributed by atoms with Crippen molar-refractivity contribution in [2.45, 2.75) is 33.1 Å². The number of anilines is 1. The summed E-state index contributed by atoms with van der Waals surface area (Å²) >= 11 is 0. The van der Waals surface area contributed by atoms with Crippen LogP contribution in [0.4, 0.5) is 5.69 Å². The van der Waals surface area contributed by atoms with Gasteiger partial charge in [0.15, 0.2) is 0 Å². The average Bonchev–Trinajstić information content (AvgIpc) is 2.72. The smallest absolute Gasteiger partial charge is 0.231 e. The van der Waals surface area contributed by atoms with Gasteiger partial charge in [-0.15, -0.1) is 0 Å². The highest BCUT2D eigenvalue weighted by atomic mass is 16.1. The van der Waals surface area contributed by atoms with E-state index in [2.05, 4.69) is 30.2 Å². The first-order chi connectivity index (χ1) is 14.0. The van der Waals surface area contributed by atoms with Crippen molar-refractivity contribution in [2.75, 3.05) is 5.32 Å². The van der Waals surface area contributed by atoms with Gasteiger partial charge in [-0.1, -0.05) is 38.1 Å². The van der Waals surface area contributed by atoms with Gasteiger partial charge >= 0.3 is 0 Å². The van der Waals surface area contributed by atoms with E-state index in [1.807, 2.05) is 61.5 Å². The van der Waals surface area contributed by atoms with E-state index in [4.69, 9.17) is 0 Å². The van der Waals surface area contributed by atoms with Gasteiger partial charge < -0.3 is 5.32 Å². The van der Waals surface area contributed by atoms with E-state index in [9.17, 15) is 10.1 Å². The Morgan fingerprint density at radius 3 is 2.48 bits per heavy atom. The highest BCUT2D eigenvalue weighted by Gasteiger charge is 2.22. The third kappa shape index (κ3) is 5.30. The fourth-order valence-electron chi connectivity index (χ4n) is 3.39. The second-order valence-corrected chi connectivity index (χ2v) is 7.67.